The van der Waals surface area contributed by atoms with Crippen LogP contribution in [0.2, 0.25) is 0 Å². The van der Waals surface area contributed by atoms with Gasteiger partial charge in [-0.1, -0.05) is 24.3 Å². The van der Waals surface area contributed by atoms with E-state index in [-0.39, 0.29) is 35.0 Å². The fourth-order valence-corrected chi connectivity index (χ4v) is 5.52. The minimum absolute atomic E-state index is 0.0628. The Labute approximate surface area is 201 Å². The molecule has 4 rings (SSSR count). The summed E-state index contributed by atoms with van der Waals surface area (Å²) in [4.78, 5) is 24.2. The molecule has 0 saturated heterocycles. The summed E-state index contributed by atoms with van der Waals surface area (Å²) < 4.78 is 46.7. The fraction of sp³-hybridized carbons (Fsp3) is 0.208. The van der Waals surface area contributed by atoms with E-state index in [0.717, 1.165) is 39.7 Å². The SMILES string of the molecule is CCOc1ccc(NC(=O)C2Cc3ccccc3CN2S(=O)(=O)c2ccc(F)cc2)c([N+](=O)[O-])c1. The monoisotopic (exact) mass is 499 g/mol. The van der Waals surface area contributed by atoms with Gasteiger partial charge in [-0.15, -0.1) is 0 Å². The van der Waals surface area contributed by atoms with Crippen molar-refractivity contribution in [3.05, 3.63) is 93.8 Å². The van der Waals surface area contributed by atoms with Gasteiger partial charge in [-0.2, -0.15) is 4.31 Å². The van der Waals surface area contributed by atoms with Crippen molar-refractivity contribution in [3.63, 3.8) is 0 Å². The van der Waals surface area contributed by atoms with E-state index in [9.17, 15) is 27.7 Å². The zero-order chi connectivity index (χ0) is 25.2. The van der Waals surface area contributed by atoms with Crippen molar-refractivity contribution in [2.75, 3.05) is 11.9 Å². The highest BCUT2D eigenvalue weighted by molar-refractivity contribution is 7.89. The molecule has 0 fully saturated rings. The van der Waals surface area contributed by atoms with Gasteiger partial charge in [-0.25, -0.2) is 12.8 Å². The molecule has 0 aromatic heterocycles. The lowest BCUT2D eigenvalue weighted by Gasteiger charge is -2.35. The summed E-state index contributed by atoms with van der Waals surface area (Å²) >= 11 is 0. The Balaban J connectivity index is 1.71. The highest BCUT2D eigenvalue weighted by Gasteiger charge is 2.40. The number of nitro benzene ring substituents is 1. The molecule has 9 nitrogen and oxygen atoms in total. The number of carbonyl (C=O) groups is 1. The summed E-state index contributed by atoms with van der Waals surface area (Å²) in [6, 6.07) is 14.3. The number of carbonyl (C=O) groups excluding carboxylic acids is 1. The minimum Gasteiger partial charge on any atom is -0.494 e. The Morgan fingerprint density at radius 3 is 2.49 bits per heavy atom. The van der Waals surface area contributed by atoms with Crippen LogP contribution in [0, 0.1) is 15.9 Å². The van der Waals surface area contributed by atoms with Crippen LogP contribution in [0.15, 0.2) is 71.6 Å². The third-order valence-electron chi connectivity index (χ3n) is 5.66. The molecule has 1 aliphatic heterocycles. The number of hydrogen-bond donors (Lipinski definition) is 1. The van der Waals surface area contributed by atoms with E-state index in [4.69, 9.17) is 4.74 Å². The molecule has 3 aromatic carbocycles. The van der Waals surface area contributed by atoms with E-state index in [1.165, 1.54) is 18.2 Å². The number of hydrogen-bond acceptors (Lipinski definition) is 6. The van der Waals surface area contributed by atoms with E-state index in [0.29, 0.717) is 6.61 Å². The van der Waals surface area contributed by atoms with Crippen molar-refractivity contribution < 1.29 is 27.3 Å². The van der Waals surface area contributed by atoms with E-state index in [1.807, 2.05) is 0 Å². The summed E-state index contributed by atoms with van der Waals surface area (Å²) in [5.74, 6) is -1.05. The second kappa shape index (κ2) is 9.80. The standard InChI is InChI=1S/C24H22FN3O6S/c1-2-34-19-9-12-21(22(14-19)28(30)31)26-24(29)23-13-16-5-3-4-6-17(16)15-27(23)35(32,33)20-10-7-18(25)8-11-20/h3-12,14,23H,2,13,15H2,1H3,(H,26,29). The third-order valence-corrected chi connectivity index (χ3v) is 7.53. The Bertz CT molecular complexity index is 1380. The number of nitrogens with zero attached hydrogens (tertiary/aromatic N) is 2. The van der Waals surface area contributed by atoms with Crippen molar-refractivity contribution >= 4 is 27.3 Å². The van der Waals surface area contributed by atoms with E-state index < -0.39 is 32.7 Å². The molecule has 0 saturated carbocycles. The van der Waals surface area contributed by atoms with Gasteiger partial charge in [-0.3, -0.25) is 14.9 Å². The largest absolute Gasteiger partial charge is 0.494 e. The zero-order valence-corrected chi connectivity index (χ0v) is 19.5. The number of amides is 1. The van der Waals surface area contributed by atoms with Gasteiger partial charge in [0.05, 0.1) is 22.5 Å². The summed E-state index contributed by atoms with van der Waals surface area (Å²) in [6.07, 6.45) is 0.0628. The van der Waals surface area contributed by atoms with Gasteiger partial charge < -0.3 is 10.1 Å². The smallest absolute Gasteiger partial charge is 0.296 e. The molecule has 0 aliphatic carbocycles. The van der Waals surface area contributed by atoms with Gasteiger partial charge in [0, 0.05) is 6.54 Å². The number of benzene rings is 3. The molecule has 0 bridgehead atoms. The van der Waals surface area contributed by atoms with Crippen LogP contribution in [0.1, 0.15) is 18.1 Å². The lowest BCUT2D eigenvalue weighted by molar-refractivity contribution is -0.384. The predicted octanol–water partition coefficient (Wildman–Crippen LogP) is 3.89. The number of anilines is 1. The molecule has 1 unspecified atom stereocenters. The van der Waals surface area contributed by atoms with Crippen LogP contribution in [0.5, 0.6) is 5.75 Å². The number of nitro groups is 1. The normalized spacial score (nSPS) is 15.8. The van der Waals surface area contributed by atoms with Crippen molar-refractivity contribution in [2.45, 2.75) is 30.8 Å². The summed E-state index contributed by atoms with van der Waals surface area (Å²) in [6.45, 7) is 1.96. The number of fused-ring (bicyclic) bond motifs is 1. The number of nitrogens with one attached hydrogen (secondary N) is 1. The molecule has 3 aromatic rings. The van der Waals surface area contributed by atoms with Gasteiger partial charge >= 0.3 is 0 Å². The molecule has 1 N–H and O–H groups in total. The maximum Gasteiger partial charge on any atom is 0.296 e. The van der Waals surface area contributed by atoms with Crippen molar-refractivity contribution in [1.29, 1.82) is 0 Å². The van der Waals surface area contributed by atoms with Crippen LogP contribution in [0.3, 0.4) is 0 Å². The summed E-state index contributed by atoms with van der Waals surface area (Å²) in [5.41, 5.74) is 1.06. The topological polar surface area (TPSA) is 119 Å². The maximum atomic E-state index is 13.5. The molecule has 35 heavy (non-hydrogen) atoms. The van der Waals surface area contributed by atoms with Crippen LogP contribution >= 0.6 is 0 Å². The lowest BCUT2D eigenvalue weighted by Crippen LogP contribution is -2.50. The van der Waals surface area contributed by atoms with Crippen LogP contribution in [0.4, 0.5) is 15.8 Å². The highest BCUT2D eigenvalue weighted by atomic mass is 32.2. The van der Waals surface area contributed by atoms with Gasteiger partial charge in [0.1, 0.15) is 23.3 Å². The Kier molecular flexibility index (Phi) is 6.81. The Morgan fingerprint density at radius 2 is 1.83 bits per heavy atom. The van der Waals surface area contributed by atoms with Crippen LogP contribution in [-0.2, 0) is 27.8 Å². The number of sulfonamides is 1. The molecule has 182 valence electrons. The lowest BCUT2D eigenvalue weighted by atomic mass is 9.95. The first-order valence-electron chi connectivity index (χ1n) is 10.8. The van der Waals surface area contributed by atoms with Crippen molar-refractivity contribution in [3.8, 4) is 5.75 Å². The Hall–Kier alpha value is -3.83. The summed E-state index contributed by atoms with van der Waals surface area (Å²) in [7, 11) is -4.20. The first kappa shape index (κ1) is 24.3. The number of rotatable bonds is 7. The van der Waals surface area contributed by atoms with Gasteiger partial charge in [-0.05, 0) is 60.9 Å². The van der Waals surface area contributed by atoms with Gasteiger partial charge in [0.25, 0.3) is 5.69 Å². The maximum absolute atomic E-state index is 13.5. The Morgan fingerprint density at radius 1 is 1.14 bits per heavy atom. The molecule has 1 amide bonds. The first-order valence-corrected chi connectivity index (χ1v) is 12.2. The first-order chi connectivity index (χ1) is 16.7. The summed E-state index contributed by atoms with van der Waals surface area (Å²) in [5, 5.41) is 14.1. The molecular weight excluding hydrogens is 477 g/mol. The van der Waals surface area contributed by atoms with Crippen LogP contribution in [-0.4, -0.2) is 36.2 Å². The molecule has 1 heterocycles. The van der Waals surface area contributed by atoms with Crippen LogP contribution < -0.4 is 10.1 Å². The second-order valence-corrected chi connectivity index (χ2v) is 9.74. The zero-order valence-electron chi connectivity index (χ0n) is 18.7. The number of halogens is 1. The van der Waals surface area contributed by atoms with Gasteiger partial charge in [0.15, 0.2) is 0 Å². The second-order valence-electron chi connectivity index (χ2n) is 7.85. The fourth-order valence-electron chi connectivity index (χ4n) is 3.96. The van der Waals surface area contributed by atoms with E-state index in [2.05, 4.69) is 5.32 Å². The quantitative estimate of drug-likeness (QED) is 0.389. The average molecular weight is 500 g/mol. The van der Waals surface area contributed by atoms with Crippen LogP contribution in [0.25, 0.3) is 0 Å². The number of ether oxygens (including phenoxy) is 1. The van der Waals surface area contributed by atoms with Gasteiger partial charge in [0.2, 0.25) is 15.9 Å². The molecular formula is C24H22FN3O6S. The molecule has 1 aliphatic rings. The van der Waals surface area contributed by atoms with E-state index >= 15 is 0 Å². The molecule has 0 spiro atoms. The molecule has 11 heteroatoms. The molecule has 0 radical (unpaired) electrons. The highest BCUT2D eigenvalue weighted by Crippen LogP contribution is 2.32. The van der Waals surface area contributed by atoms with Crippen molar-refractivity contribution in [1.82, 2.24) is 4.31 Å². The third kappa shape index (κ3) is 5.00. The average Bonchev–Trinajstić information content (AvgIpc) is 2.84. The minimum atomic E-state index is -4.20. The van der Waals surface area contributed by atoms with Crippen molar-refractivity contribution in [2.24, 2.45) is 0 Å². The molecule has 1 atom stereocenters. The van der Waals surface area contributed by atoms with E-state index in [1.54, 1.807) is 31.2 Å². The predicted molar refractivity (Wildman–Crippen MR) is 126 cm³/mol.